The highest BCUT2D eigenvalue weighted by molar-refractivity contribution is 7.09. The molecule has 0 radical (unpaired) electrons. The lowest BCUT2D eigenvalue weighted by atomic mass is 10.0. The molecule has 0 aliphatic rings. The third-order valence-corrected chi connectivity index (χ3v) is 4.14. The van der Waals surface area contributed by atoms with Crippen molar-refractivity contribution in [3.63, 3.8) is 0 Å². The number of imide groups is 1. The molecule has 0 spiro atoms. The highest BCUT2D eigenvalue weighted by Crippen LogP contribution is 2.35. The summed E-state index contributed by atoms with van der Waals surface area (Å²) < 4.78 is 49.4. The summed E-state index contributed by atoms with van der Waals surface area (Å²) in [6.45, 7) is 9.13. The van der Waals surface area contributed by atoms with Crippen LogP contribution >= 0.6 is 11.3 Å². The summed E-state index contributed by atoms with van der Waals surface area (Å²) in [4.78, 5) is 40.3. The number of carbonyl (C=O) groups excluding carboxylic acids is 3. The smallest absolute Gasteiger partial charge is 0.461 e. The Morgan fingerprint density at radius 3 is 2.21 bits per heavy atom. The molecule has 1 aromatic heterocycles. The minimum absolute atomic E-state index is 0.0125. The van der Waals surface area contributed by atoms with Gasteiger partial charge in [-0.05, 0) is 33.6 Å². The van der Waals surface area contributed by atoms with Crippen molar-refractivity contribution in [1.82, 2.24) is 9.88 Å². The molecule has 0 N–H and O–H groups in total. The largest absolute Gasteiger partial charge is 0.471 e. The molecule has 0 aromatic carbocycles. The number of alkyl halides is 3. The number of halogens is 3. The number of hydrogen-bond acceptors (Lipinski definition) is 7. The molecule has 0 unspecified atom stereocenters. The Hall–Kier alpha value is -2.17. The Kier molecular flexibility index (Phi) is 7.58. The lowest BCUT2D eigenvalue weighted by molar-refractivity contribution is -0.187. The van der Waals surface area contributed by atoms with Crippen molar-refractivity contribution in [3.8, 4) is 0 Å². The Morgan fingerprint density at radius 2 is 1.79 bits per heavy atom. The first-order valence-electron chi connectivity index (χ1n) is 8.45. The maximum Gasteiger partial charge on any atom is 0.471 e. The average molecular weight is 424 g/mol. The van der Waals surface area contributed by atoms with E-state index in [-0.39, 0.29) is 22.2 Å². The van der Waals surface area contributed by atoms with E-state index in [1.54, 1.807) is 6.92 Å². The lowest BCUT2D eigenvalue weighted by Gasteiger charge is -2.33. The van der Waals surface area contributed by atoms with E-state index >= 15 is 0 Å². The Balaban J connectivity index is 3.41. The maximum absolute atomic E-state index is 13.2. The Labute approximate surface area is 164 Å². The van der Waals surface area contributed by atoms with E-state index < -0.39 is 41.7 Å². The third kappa shape index (κ3) is 6.18. The molecule has 158 valence electrons. The minimum atomic E-state index is -5.30. The van der Waals surface area contributed by atoms with Gasteiger partial charge in [0, 0.05) is 5.38 Å². The molecule has 1 aromatic rings. The van der Waals surface area contributed by atoms with Crippen molar-refractivity contribution in [2.45, 2.75) is 59.4 Å². The van der Waals surface area contributed by atoms with E-state index in [2.05, 4.69) is 4.98 Å². The predicted octanol–water partition coefficient (Wildman–Crippen LogP) is 4.34. The zero-order chi connectivity index (χ0) is 21.9. The monoisotopic (exact) mass is 424 g/mol. The van der Waals surface area contributed by atoms with Crippen LogP contribution in [0.5, 0.6) is 0 Å². The Morgan fingerprint density at radius 1 is 1.21 bits per heavy atom. The van der Waals surface area contributed by atoms with E-state index in [1.165, 1.54) is 40.0 Å². The quantitative estimate of drug-likeness (QED) is 0.654. The molecule has 0 saturated carbocycles. The number of amides is 2. The van der Waals surface area contributed by atoms with E-state index in [0.717, 1.165) is 11.3 Å². The second-order valence-electron chi connectivity index (χ2n) is 7.13. The fraction of sp³-hybridized carbons (Fsp3) is 0.647. The van der Waals surface area contributed by atoms with Crippen molar-refractivity contribution in [2.24, 2.45) is 5.92 Å². The van der Waals surface area contributed by atoms with Crippen LogP contribution < -0.4 is 0 Å². The van der Waals surface area contributed by atoms with Crippen LogP contribution in [0.1, 0.15) is 63.1 Å². The summed E-state index contributed by atoms with van der Waals surface area (Å²) in [5.74, 6) is -3.76. The van der Waals surface area contributed by atoms with Gasteiger partial charge >= 0.3 is 24.1 Å². The number of rotatable bonds is 5. The zero-order valence-electron chi connectivity index (χ0n) is 16.4. The minimum Gasteiger partial charge on any atom is -0.461 e. The molecule has 1 atom stereocenters. The van der Waals surface area contributed by atoms with Gasteiger partial charge in [0.25, 0.3) is 0 Å². The summed E-state index contributed by atoms with van der Waals surface area (Å²) in [5.41, 5.74) is -1.24. The van der Waals surface area contributed by atoms with Crippen LogP contribution in [0.2, 0.25) is 0 Å². The van der Waals surface area contributed by atoms with Crippen molar-refractivity contribution >= 4 is 29.3 Å². The molecular formula is C17H23F3N2O5S. The molecule has 1 rings (SSSR count). The first-order valence-corrected chi connectivity index (χ1v) is 9.32. The summed E-state index contributed by atoms with van der Waals surface area (Å²) in [5, 5.41) is 1.29. The summed E-state index contributed by atoms with van der Waals surface area (Å²) in [7, 11) is 0. The average Bonchev–Trinajstić information content (AvgIpc) is 2.98. The second kappa shape index (κ2) is 8.89. The van der Waals surface area contributed by atoms with Gasteiger partial charge in [0.1, 0.15) is 10.6 Å². The van der Waals surface area contributed by atoms with Crippen molar-refractivity contribution < 1.29 is 37.0 Å². The van der Waals surface area contributed by atoms with Gasteiger partial charge in [0.05, 0.1) is 12.6 Å². The molecule has 0 aliphatic heterocycles. The molecule has 1 heterocycles. The maximum atomic E-state index is 13.2. The van der Waals surface area contributed by atoms with Gasteiger partial charge in [-0.3, -0.25) is 4.79 Å². The van der Waals surface area contributed by atoms with E-state index in [0.29, 0.717) is 0 Å². The fourth-order valence-corrected chi connectivity index (χ4v) is 3.24. The van der Waals surface area contributed by atoms with Crippen LogP contribution in [-0.4, -0.2) is 46.2 Å². The summed E-state index contributed by atoms with van der Waals surface area (Å²) in [6.07, 6.45) is -6.74. The highest BCUT2D eigenvalue weighted by atomic mass is 32.1. The van der Waals surface area contributed by atoms with Crippen molar-refractivity contribution in [1.29, 1.82) is 0 Å². The van der Waals surface area contributed by atoms with E-state index in [4.69, 9.17) is 9.47 Å². The summed E-state index contributed by atoms with van der Waals surface area (Å²) in [6, 6.07) is -1.38. The first-order chi connectivity index (χ1) is 12.7. The number of nitrogens with zero attached hydrogens (tertiary/aromatic N) is 2. The SMILES string of the molecule is CCOC(=O)c1csc([C@H](C(C)C)N(C(=O)OC(C)(C)C)C(=O)C(F)(F)F)n1. The van der Waals surface area contributed by atoms with E-state index in [1.807, 2.05) is 0 Å². The molecule has 0 bridgehead atoms. The van der Waals surface area contributed by atoms with Gasteiger partial charge in [-0.1, -0.05) is 13.8 Å². The number of thiazole rings is 1. The van der Waals surface area contributed by atoms with Crippen molar-refractivity contribution in [2.75, 3.05) is 6.61 Å². The van der Waals surface area contributed by atoms with Gasteiger partial charge < -0.3 is 9.47 Å². The Bertz CT molecular complexity index is 725. The van der Waals surface area contributed by atoms with Crippen LogP contribution in [0.3, 0.4) is 0 Å². The number of esters is 1. The third-order valence-electron chi connectivity index (χ3n) is 3.22. The normalized spacial score (nSPS) is 13.2. The van der Waals surface area contributed by atoms with Crippen LogP contribution in [0, 0.1) is 5.92 Å². The fourth-order valence-electron chi connectivity index (χ4n) is 2.19. The summed E-state index contributed by atoms with van der Waals surface area (Å²) >= 11 is 0.851. The standard InChI is InChI=1S/C17H23F3N2O5S/c1-7-26-13(23)10-8-28-12(21-10)11(9(2)3)22(14(24)17(18,19)20)15(25)27-16(4,5)6/h8-9,11H,7H2,1-6H3/t11-/m0/s1. The molecule has 28 heavy (non-hydrogen) atoms. The van der Waals surface area contributed by atoms with Gasteiger partial charge in [-0.25, -0.2) is 19.5 Å². The van der Waals surface area contributed by atoms with Gasteiger partial charge in [-0.15, -0.1) is 11.3 Å². The lowest BCUT2D eigenvalue weighted by Crippen LogP contribution is -2.49. The highest BCUT2D eigenvalue weighted by Gasteiger charge is 2.50. The second-order valence-corrected chi connectivity index (χ2v) is 8.02. The van der Waals surface area contributed by atoms with Gasteiger partial charge in [0.2, 0.25) is 0 Å². The van der Waals surface area contributed by atoms with Crippen LogP contribution in [0.4, 0.5) is 18.0 Å². The van der Waals surface area contributed by atoms with Gasteiger partial charge in [0.15, 0.2) is 5.69 Å². The van der Waals surface area contributed by atoms with Crippen LogP contribution in [-0.2, 0) is 14.3 Å². The van der Waals surface area contributed by atoms with Crippen LogP contribution in [0.25, 0.3) is 0 Å². The molecule has 0 aliphatic carbocycles. The molecule has 11 heteroatoms. The topological polar surface area (TPSA) is 85.8 Å². The van der Waals surface area contributed by atoms with Gasteiger partial charge in [-0.2, -0.15) is 13.2 Å². The zero-order valence-corrected chi connectivity index (χ0v) is 17.2. The molecule has 0 fully saturated rings. The number of carbonyl (C=O) groups is 3. The van der Waals surface area contributed by atoms with Crippen LogP contribution in [0.15, 0.2) is 5.38 Å². The molecule has 7 nitrogen and oxygen atoms in total. The first kappa shape index (κ1) is 23.9. The number of hydrogen-bond donors (Lipinski definition) is 0. The van der Waals surface area contributed by atoms with Crippen molar-refractivity contribution in [3.05, 3.63) is 16.1 Å². The molecular weight excluding hydrogens is 401 g/mol. The predicted molar refractivity (Wildman–Crippen MR) is 94.8 cm³/mol. The number of ether oxygens (including phenoxy) is 2. The molecule has 2 amide bonds. The van der Waals surface area contributed by atoms with E-state index in [9.17, 15) is 27.6 Å². The number of aromatic nitrogens is 1. The molecule has 0 saturated heterocycles.